The fraction of sp³-hybridized carbons (Fsp3) is 0.167. The van der Waals surface area contributed by atoms with Gasteiger partial charge in [0.25, 0.3) is 0 Å². The van der Waals surface area contributed by atoms with Crippen LogP contribution < -0.4 is 11.1 Å². The Kier molecular flexibility index (Phi) is 7.81. The molecule has 2 atom stereocenters. The van der Waals surface area contributed by atoms with Gasteiger partial charge in [0.1, 0.15) is 0 Å². The van der Waals surface area contributed by atoms with Gasteiger partial charge in [0, 0.05) is 18.2 Å². The molecule has 0 bridgehead atoms. The first kappa shape index (κ1) is 24.0. The summed E-state index contributed by atoms with van der Waals surface area (Å²) in [4.78, 5) is 29.5. The maximum absolute atomic E-state index is 12.8. The van der Waals surface area contributed by atoms with Crippen LogP contribution in [0, 0.1) is 0 Å². The molecule has 0 saturated carbocycles. The molecule has 1 aromatic heterocycles. The Labute approximate surface area is 206 Å². The van der Waals surface area contributed by atoms with Gasteiger partial charge in [-0.1, -0.05) is 91.0 Å². The number of carbonyl (C=O) groups excluding carboxylic acids is 2. The summed E-state index contributed by atoms with van der Waals surface area (Å²) in [6.07, 6.45) is 2.50. The van der Waals surface area contributed by atoms with E-state index in [1.165, 1.54) is 6.92 Å². The molecule has 0 radical (unpaired) electrons. The lowest BCUT2D eigenvalue weighted by molar-refractivity contribution is -0.127. The first-order chi connectivity index (χ1) is 17.0. The Hall–Kier alpha value is -4.09. The minimum atomic E-state index is -0.752. The minimum Gasteiger partial charge on any atom is -0.345 e. The van der Waals surface area contributed by atoms with Gasteiger partial charge in [0.15, 0.2) is 5.78 Å². The molecule has 35 heavy (non-hydrogen) atoms. The highest BCUT2D eigenvalue weighted by Gasteiger charge is 2.22. The first-order valence-electron chi connectivity index (χ1n) is 11.7. The minimum absolute atomic E-state index is 0.120. The summed E-state index contributed by atoms with van der Waals surface area (Å²) in [5, 5.41) is 2.83. The molecule has 0 saturated heterocycles. The number of rotatable bonds is 9. The molecule has 4 aromatic rings. The summed E-state index contributed by atoms with van der Waals surface area (Å²) < 4.78 is 0. The quantitative estimate of drug-likeness (QED) is 0.380. The zero-order chi connectivity index (χ0) is 24.6. The largest absolute Gasteiger partial charge is 0.345 e. The first-order valence-corrected chi connectivity index (χ1v) is 11.7. The van der Waals surface area contributed by atoms with Crippen LogP contribution in [0.4, 0.5) is 0 Å². The Morgan fingerprint density at radius 3 is 1.89 bits per heavy atom. The zero-order valence-electron chi connectivity index (χ0n) is 19.7. The molecule has 176 valence electrons. The second-order valence-electron chi connectivity index (χ2n) is 8.67. The number of nitrogens with zero attached hydrogens (tertiary/aromatic N) is 1. The Balaban J connectivity index is 1.35. The van der Waals surface area contributed by atoms with Crippen molar-refractivity contribution in [3.05, 3.63) is 114 Å². The molecule has 0 aliphatic carbocycles. The van der Waals surface area contributed by atoms with Crippen LogP contribution in [0.25, 0.3) is 22.4 Å². The van der Waals surface area contributed by atoms with Gasteiger partial charge >= 0.3 is 0 Å². The van der Waals surface area contributed by atoms with Crippen LogP contribution in [0.1, 0.15) is 18.1 Å². The number of pyridine rings is 1. The number of aromatic nitrogens is 1. The summed E-state index contributed by atoms with van der Waals surface area (Å²) >= 11 is 0. The van der Waals surface area contributed by atoms with Gasteiger partial charge in [-0.2, -0.15) is 0 Å². The predicted octanol–water partition coefficient (Wildman–Crippen LogP) is 4.60. The molecule has 5 nitrogen and oxygen atoms in total. The second kappa shape index (κ2) is 11.4. The maximum atomic E-state index is 12.8. The molecule has 0 fully saturated rings. The number of ketones is 1. The van der Waals surface area contributed by atoms with Crippen molar-refractivity contribution in [2.45, 2.75) is 31.8 Å². The third-order valence-electron chi connectivity index (χ3n) is 5.99. The Morgan fingerprint density at radius 2 is 1.31 bits per heavy atom. The zero-order valence-corrected chi connectivity index (χ0v) is 19.7. The van der Waals surface area contributed by atoms with E-state index in [9.17, 15) is 9.59 Å². The van der Waals surface area contributed by atoms with E-state index in [1.807, 2.05) is 84.9 Å². The number of benzene rings is 3. The molecule has 1 unspecified atom stereocenters. The number of carbonyl (C=O) groups is 2. The van der Waals surface area contributed by atoms with E-state index >= 15 is 0 Å². The molecule has 0 aliphatic heterocycles. The van der Waals surface area contributed by atoms with Crippen LogP contribution in [0.15, 0.2) is 103 Å². The van der Waals surface area contributed by atoms with Crippen LogP contribution in [0.3, 0.4) is 0 Å². The summed E-state index contributed by atoms with van der Waals surface area (Å²) in [6.45, 7) is 1.48. The average molecular weight is 464 g/mol. The average Bonchev–Trinajstić information content (AvgIpc) is 2.90. The lowest BCUT2D eigenvalue weighted by atomic mass is 9.99. The van der Waals surface area contributed by atoms with Gasteiger partial charge in [0.05, 0.1) is 17.8 Å². The maximum Gasteiger partial charge on any atom is 0.237 e. The van der Waals surface area contributed by atoms with E-state index in [2.05, 4.69) is 22.4 Å². The van der Waals surface area contributed by atoms with Gasteiger partial charge < -0.3 is 11.1 Å². The van der Waals surface area contributed by atoms with Crippen molar-refractivity contribution in [2.75, 3.05) is 0 Å². The standard InChI is InChI=1S/C30H29N3O2/c1-21(34)29(19-23-14-17-28(32-20-23)26-10-6-3-7-11-26)33-30(35)27(31)18-22-12-15-25(16-13-22)24-8-4-2-5-9-24/h2-17,20,27,29H,18-19,31H2,1H3,(H,33,35)/t27-,29?/m0/s1. The van der Waals surface area contributed by atoms with Crippen molar-refractivity contribution in [3.63, 3.8) is 0 Å². The van der Waals surface area contributed by atoms with Gasteiger partial charge in [-0.3, -0.25) is 14.6 Å². The highest BCUT2D eigenvalue weighted by atomic mass is 16.2. The molecule has 4 rings (SSSR count). The van der Waals surface area contributed by atoms with E-state index in [-0.39, 0.29) is 11.7 Å². The molecule has 0 aliphatic rings. The van der Waals surface area contributed by atoms with Crippen molar-refractivity contribution in [1.29, 1.82) is 0 Å². The van der Waals surface area contributed by atoms with E-state index < -0.39 is 12.1 Å². The normalized spacial score (nSPS) is 12.5. The Bertz CT molecular complexity index is 1250. The molecular weight excluding hydrogens is 434 g/mol. The van der Waals surface area contributed by atoms with Crippen LogP contribution in [0.2, 0.25) is 0 Å². The number of nitrogens with two attached hydrogens (primary N) is 1. The van der Waals surface area contributed by atoms with Gasteiger partial charge in [-0.15, -0.1) is 0 Å². The van der Waals surface area contributed by atoms with Crippen molar-refractivity contribution in [2.24, 2.45) is 5.73 Å². The fourth-order valence-electron chi connectivity index (χ4n) is 3.95. The molecule has 3 aromatic carbocycles. The fourth-order valence-corrected chi connectivity index (χ4v) is 3.95. The molecule has 0 spiro atoms. The second-order valence-corrected chi connectivity index (χ2v) is 8.67. The van der Waals surface area contributed by atoms with Crippen LogP contribution >= 0.6 is 0 Å². The summed E-state index contributed by atoms with van der Waals surface area (Å²) in [5.74, 6) is -0.462. The topological polar surface area (TPSA) is 85.1 Å². The molecular formula is C30H29N3O2. The predicted molar refractivity (Wildman–Crippen MR) is 140 cm³/mol. The number of hydrogen-bond donors (Lipinski definition) is 2. The van der Waals surface area contributed by atoms with E-state index in [0.29, 0.717) is 12.8 Å². The number of amides is 1. The van der Waals surface area contributed by atoms with Crippen LogP contribution in [-0.2, 0) is 22.4 Å². The smallest absolute Gasteiger partial charge is 0.237 e. The van der Waals surface area contributed by atoms with Crippen molar-refractivity contribution in [1.82, 2.24) is 10.3 Å². The van der Waals surface area contributed by atoms with E-state index in [0.717, 1.165) is 33.5 Å². The summed E-state index contributed by atoms with van der Waals surface area (Å²) in [5.41, 5.74) is 12.2. The van der Waals surface area contributed by atoms with E-state index in [4.69, 9.17) is 5.73 Å². The molecule has 1 amide bonds. The third kappa shape index (κ3) is 6.49. The monoisotopic (exact) mass is 463 g/mol. The molecule has 5 heteroatoms. The lowest BCUT2D eigenvalue weighted by Gasteiger charge is -2.19. The number of hydrogen-bond acceptors (Lipinski definition) is 4. The van der Waals surface area contributed by atoms with Crippen molar-refractivity contribution >= 4 is 11.7 Å². The molecule has 3 N–H and O–H groups in total. The van der Waals surface area contributed by atoms with Gasteiger partial charge in [-0.25, -0.2) is 0 Å². The van der Waals surface area contributed by atoms with Crippen molar-refractivity contribution in [3.8, 4) is 22.4 Å². The Morgan fingerprint density at radius 1 is 0.743 bits per heavy atom. The summed E-state index contributed by atoms with van der Waals surface area (Å²) in [7, 11) is 0. The third-order valence-corrected chi connectivity index (χ3v) is 5.99. The lowest BCUT2D eigenvalue weighted by Crippen LogP contribution is -2.49. The highest BCUT2D eigenvalue weighted by molar-refractivity contribution is 5.90. The van der Waals surface area contributed by atoms with Crippen molar-refractivity contribution < 1.29 is 9.59 Å². The summed E-state index contributed by atoms with van der Waals surface area (Å²) in [6, 6.07) is 30.5. The number of nitrogens with one attached hydrogen (secondary N) is 1. The van der Waals surface area contributed by atoms with Gasteiger partial charge in [0.2, 0.25) is 5.91 Å². The van der Waals surface area contributed by atoms with Gasteiger partial charge in [-0.05, 0) is 41.7 Å². The highest BCUT2D eigenvalue weighted by Crippen LogP contribution is 2.20. The molecule has 1 heterocycles. The van der Waals surface area contributed by atoms with Crippen LogP contribution in [0.5, 0.6) is 0 Å². The SMILES string of the molecule is CC(=O)C(Cc1ccc(-c2ccccc2)nc1)NC(=O)[C@@H](N)Cc1ccc(-c2ccccc2)cc1. The van der Waals surface area contributed by atoms with E-state index in [1.54, 1.807) is 6.20 Å². The van der Waals surface area contributed by atoms with Crippen LogP contribution in [-0.4, -0.2) is 28.8 Å². The number of Topliss-reactive ketones (excluding diaryl/α,β-unsaturated/α-hetero) is 1.